The van der Waals surface area contributed by atoms with E-state index in [-0.39, 0.29) is 12.3 Å². The van der Waals surface area contributed by atoms with E-state index in [1.807, 2.05) is 35.7 Å². The lowest BCUT2D eigenvalue weighted by atomic mass is 10.3. The van der Waals surface area contributed by atoms with Crippen LogP contribution in [-0.2, 0) is 11.2 Å². The first-order chi connectivity index (χ1) is 12.7. The number of anilines is 1. The van der Waals surface area contributed by atoms with Crippen molar-refractivity contribution in [2.75, 3.05) is 12.4 Å². The normalized spacial score (nSPS) is 11.0. The van der Waals surface area contributed by atoms with Gasteiger partial charge in [0.25, 0.3) is 0 Å². The predicted molar refractivity (Wildman–Crippen MR) is 101 cm³/mol. The van der Waals surface area contributed by atoms with Crippen molar-refractivity contribution >= 4 is 43.9 Å². The molecule has 1 aromatic carbocycles. The van der Waals surface area contributed by atoms with Crippen LogP contribution >= 0.6 is 22.7 Å². The van der Waals surface area contributed by atoms with Crippen molar-refractivity contribution in [2.45, 2.75) is 12.8 Å². The Kier molecular flexibility index (Phi) is 4.63. The minimum Gasteiger partial charge on any atom is -0.497 e. The lowest BCUT2D eigenvalue weighted by Crippen LogP contribution is -2.12. The van der Waals surface area contributed by atoms with E-state index in [2.05, 4.69) is 20.4 Å². The van der Waals surface area contributed by atoms with Crippen molar-refractivity contribution in [2.24, 2.45) is 0 Å². The van der Waals surface area contributed by atoms with E-state index in [9.17, 15) is 4.79 Å². The number of thiazole rings is 1. The maximum Gasteiger partial charge on any atom is 0.227 e. The number of amides is 1. The van der Waals surface area contributed by atoms with Crippen LogP contribution in [0.15, 0.2) is 40.2 Å². The van der Waals surface area contributed by atoms with Crippen LogP contribution in [0.5, 0.6) is 5.75 Å². The number of fused-ring (bicyclic) bond motifs is 1. The zero-order valence-electron chi connectivity index (χ0n) is 13.8. The van der Waals surface area contributed by atoms with Crippen LogP contribution in [0.2, 0.25) is 0 Å². The third-order valence-electron chi connectivity index (χ3n) is 3.62. The monoisotopic (exact) mass is 386 g/mol. The molecule has 0 saturated heterocycles. The molecule has 0 unspecified atom stereocenters. The average molecular weight is 386 g/mol. The second-order valence-electron chi connectivity index (χ2n) is 5.39. The molecule has 4 rings (SSSR count). The highest BCUT2D eigenvalue weighted by Gasteiger charge is 2.13. The van der Waals surface area contributed by atoms with Crippen molar-refractivity contribution in [1.29, 1.82) is 0 Å². The van der Waals surface area contributed by atoms with Crippen LogP contribution in [0, 0.1) is 0 Å². The maximum atomic E-state index is 12.2. The van der Waals surface area contributed by atoms with Gasteiger partial charge < -0.3 is 14.6 Å². The largest absolute Gasteiger partial charge is 0.497 e. The number of aryl methyl sites for hydroxylation is 1. The number of hydrogen-bond donors (Lipinski definition) is 1. The number of thiophene rings is 1. The highest BCUT2D eigenvalue weighted by molar-refractivity contribution is 7.22. The zero-order chi connectivity index (χ0) is 17.9. The molecule has 3 heterocycles. The van der Waals surface area contributed by atoms with Gasteiger partial charge in [-0.15, -0.1) is 11.3 Å². The Labute approximate surface area is 156 Å². The van der Waals surface area contributed by atoms with Crippen molar-refractivity contribution in [3.63, 3.8) is 0 Å². The number of ether oxygens (including phenoxy) is 1. The molecular formula is C17H14N4O3S2. The summed E-state index contributed by atoms with van der Waals surface area (Å²) in [6.07, 6.45) is 0.619. The van der Waals surface area contributed by atoms with E-state index in [1.54, 1.807) is 7.11 Å². The standard InChI is InChI=1S/C17H14N4O3S2/c1-23-10-4-5-11-13(9-10)26-17(18-11)19-14(22)6-7-15-20-16(21-24-15)12-3-2-8-25-12/h2-5,8-9H,6-7H2,1H3,(H,18,19,22). The number of hydrogen-bond acceptors (Lipinski definition) is 8. The number of rotatable bonds is 6. The Balaban J connectivity index is 1.37. The van der Waals surface area contributed by atoms with Crippen molar-refractivity contribution in [1.82, 2.24) is 15.1 Å². The van der Waals surface area contributed by atoms with Gasteiger partial charge in [0.15, 0.2) is 5.13 Å². The first kappa shape index (κ1) is 16.7. The molecule has 0 saturated carbocycles. The first-order valence-corrected chi connectivity index (χ1v) is 9.52. The highest BCUT2D eigenvalue weighted by atomic mass is 32.1. The Bertz CT molecular complexity index is 1040. The number of methoxy groups -OCH3 is 1. The number of nitrogens with zero attached hydrogens (tertiary/aromatic N) is 3. The molecule has 132 valence electrons. The minimum atomic E-state index is -0.146. The van der Waals surface area contributed by atoms with E-state index >= 15 is 0 Å². The fraction of sp³-hybridized carbons (Fsp3) is 0.176. The predicted octanol–water partition coefficient (Wildman–Crippen LogP) is 3.99. The Hall–Kier alpha value is -2.78. The maximum absolute atomic E-state index is 12.2. The molecule has 7 nitrogen and oxygen atoms in total. The SMILES string of the molecule is COc1ccc2nc(NC(=O)CCc3nc(-c4cccs4)no3)sc2c1. The molecule has 0 aliphatic carbocycles. The summed E-state index contributed by atoms with van der Waals surface area (Å²) in [7, 11) is 1.62. The molecule has 0 aliphatic rings. The molecule has 9 heteroatoms. The molecule has 4 aromatic rings. The fourth-order valence-electron chi connectivity index (χ4n) is 2.35. The molecule has 0 atom stereocenters. The van der Waals surface area contributed by atoms with Gasteiger partial charge in [0, 0.05) is 12.8 Å². The summed E-state index contributed by atoms with van der Waals surface area (Å²) in [6.45, 7) is 0. The minimum absolute atomic E-state index is 0.146. The van der Waals surface area contributed by atoms with Gasteiger partial charge in [-0.2, -0.15) is 4.98 Å². The average Bonchev–Trinajstić information content (AvgIpc) is 3.38. The van der Waals surface area contributed by atoms with Gasteiger partial charge in [-0.3, -0.25) is 4.79 Å². The van der Waals surface area contributed by atoms with E-state index in [0.29, 0.717) is 23.3 Å². The van der Waals surface area contributed by atoms with Gasteiger partial charge in [-0.05, 0) is 29.6 Å². The summed E-state index contributed by atoms with van der Waals surface area (Å²) < 4.78 is 11.4. The van der Waals surface area contributed by atoms with Crippen molar-refractivity contribution in [3.05, 3.63) is 41.6 Å². The third-order valence-corrected chi connectivity index (χ3v) is 5.42. The van der Waals surface area contributed by atoms with Gasteiger partial charge in [-0.1, -0.05) is 22.6 Å². The third kappa shape index (κ3) is 3.58. The number of benzene rings is 1. The summed E-state index contributed by atoms with van der Waals surface area (Å²) in [5, 5.41) is 9.26. The van der Waals surface area contributed by atoms with Gasteiger partial charge in [-0.25, -0.2) is 4.98 Å². The van der Waals surface area contributed by atoms with E-state index in [0.717, 1.165) is 20.8 Å². The van der Waals surface area contributed by atoms with Gasteiger partial charge >= 0.3 is 0 Å². The number of aromatic nitrogens is 3. The summed E-state index contributed by atoms with van der Waals surface area (Å²) in [5.74, 6) is 1.61. The Morgan fingerprint density at radius 2 is 2.23 bits per heavy atom. The van der Waals surface area contributed by atoms with Crippen LogP contribution < -0.4 is 10.1 Å². The smallest absolute Gasteiger partial charge is 0.227 e. The number of carbonyl (C=O) groups is 1. The van der Waals surface area contributed by atoms with Crippen molar-refractivity contribution < 1.29 is 14.1 Å². The van der Waals surface area contributed by atoms with Gasteiger partial charge in [0.2, 0.25) is 17.6 Å². The molecule has 3 aromatic heterocycles. The van der Waals surface area contributed by atoms with Crippen LogP contribution in [0.3, 0.4) is 0 Å². The van der Waals surface area contributed by atoms with Gasteiger partial charge in [0.05, 0.1) is 22.2 Å². The lowest BCUT2D eigenvalue weighted by Gasteiger charge is -1.98. The Morgan fingerprint density at radius 3 is 3.04 bits per heavy atom. The Morgan fingerprint density at radius 1 is 1.31 bits per heavy atom. The molecule has 0 bridgehead atoms. The summed E-state index contributed by atoms with van der Waals surface area (Å²) in [6, 6.07) is 9.46. The van der Waals surface area contributed by atoms with Crippen LogP contribution in [0.4, 0.5) is 5.13 Å². The van der Waals surface area contributed by atoms with E-state index in [1.165, 1.54) is 22.7 Å². The second kappa shape index (κ2) is 7.22. The van der Waals surface area contributed by atoms with Crippen LogP contribution in [0.1, 0.15) is 12.3 Å². The molecule has 0 fully saturated rings. The molecule has 26 heavy (non-hydrogen) atoms. The molecule has 1 amide bonds. The zero-order valence-corrected chi connectivity index (χ0v) is 15.4. The first-order valence-electron chi connectivity index (χ1n) is 7.82. The van der Waals surface area contributed by atoms with Gasteiger partial charge in [0.1, 0.15) is 5.75 Å². The van der Waals surface area contributed by atoms with E-state index < -0.39 is 0 Å². The quantitative estimate of drug-likeness (QED) is 0.539. The lowest BCUT2D eigenvalue weighted by molar-refractivity contribution is -0.116. The summed E-state index contributed by atoms with van der Waals surface area (Å²) >= 11 is 2.95. The summed E-state index contributed by atoms with van der Waals surface area (Å²) in [4.78, 5) is 21.8. The topological polar surface area (TPSA) is 90.1 Å². The number of carbonyl (C=O) groups excluding carboxylic acids is 1. The van der Waals surface area contributed by atoms with Crippen LogP contribution in [0.25, 0.3) is 20.9 Å². The fourth-order valence-corrected chi connectivity index (χ4v) is 3.91. The summed E-state index contributed by atoms with van der Waals surface area (Å²) in [5.41, 5.74) is 0.823. The number of nitrogens with one attached hydrogen (secondary N) is 1. The van der Waals surface area contributed by atoms with Crippen molar-refractivity contribution in [3.8, 4) is 16.5 Å². The molecule has 0 radical (unpaired) electrons. The second-order valence-corrected chi connectivity index (χ2v) is 7.37. The molecular weight excluding hydrogens is 372 g/mol. The van der Waals surface area contributed by atoms with Crippen LogP contribution in [-0.4, -0.2) is 28.1 Å². The molecule has 1 N–H and O–H groups in total. The molecule has 0 spiro atoms. The molecule has 0 aliphatic heterocycles. The van der Waals surface area contributed by atoms with E-state index in [4.69, 9.17) is 9.26 Å². The highest BCUT2D eigenvalue weighted by Crippen LogP contribution is 2.29.